The minimum atomic E-state index is 0.184. The molecule has 1 atom stereocenters. The van der Waals surface area contributed by atoms with E-state index in [0.717, 1.165) is 36.9 Å². The molecule has 0 amide bonds. The van der Waals surface area contributed by atoms with Gasteiger partial charge in [-0.25, -0.2) is 0 Å². The number of benzene rings is 1. The Morgan fingerprint density at radius 2 is 2.05 bits per heavy atom. The lowest BCUT2D eigenvalue weighted by atomic mass is 9.83. The van der Waals surface area contributed by atoms with Gasteiger partial charge in [0, 0.05) is 19.0 Å². The van der Waals surface area contributed by atoms with Gasteiger partial charge in [0.15, 0.2) is 5.82 Å². The molecule has 0 spiro atoms. The van der Waals surface area contributed by atoms with E-state index in [0.29, 0.717) is 0 Å². The van der Waals surface area contributed by atoms with Crippen molar-refractivity contribution in [2.24, 2.45) is 5.41 Å². The first-order chi connectivity index (χ1) is 10.2. The molecule has 0 bridgehead atoms. The lowest BCUT2D eigenvalue weighted by Gasteiger charge is -2.28. The van der Waals surface area contributed by atoms with Gasteiger partial charge in [-0.2, -0.15) is 4.68 Å². The van der Waals surface area contributed by atoms with Crippen LogP contribution in [0.2, 0.25) is 0 Å². The minimum absolute atomic E-state index is 0.184. The molecule has 21 heavy (non-hydrogen) atoms. The van der Waals surface area contributed by atoms with Gasteiger partial charge in [0.05, 0.1) is 5.69 Å². The van der Waals surface area contributed by atoms with E-state index < -0.39 is 0 Å². The van der Waals surface area contributed by atoms with Crippen LogP contribution < -0.4 is 5.32 Å². The molecule has 1 aromatic carbocycles. The molecule has 0 aliphatic heterocycles. The largest absolute Gasteiger partial charge is 0.313 e. The number of hydrogen-bond acceptors (Lipinski definition) is 4. The van der Waals surface area contributed by atoms with Gasteiger partial charge >= 0.3 is 0 Å². The van der Waals surface area contributed by atoms with Crippen molar-refractivity contribution in [3.63, 3.8) is 0 Å². The van der Waals surface area contributed by atoms with E-state index in [2.05, 4.69) is 34.7 Å². The molecule has 1 fully saturated rings. The van der Waals surface area contributed by atoms with Crippen LogP contribution in [0.15, 0.2) is 30.3 Å². The summed E-state index contributed by atoms with van der Waals surface area (Å²) < 4.78 is 1.85. The van der Waals surface area contributed by atoms with Crippen LogP contribution in [0, 0.1) is 5.41 Å². The van der Waals surface area contributed by atoms with Crippen molar-refractivity contribution in [3.05, 3.63) is 36.2 Å². The fourth-order valence-corrected chi connectivity index (χ4v) is 2.46. The molecule has 0 radical (unpaired) electrons. The highest BCUT2D eigenvalue weighted by molar-refractivity contribution is 5.30. The summed E-state index contributed by atoms with van der Waals surface area (Å²) in [4.78, 5) is 0. The summed E-state index contributed by atoms with van der Waals surface area (Å²) in [5.41, 5.74) is 1.20. The third-order valence-electron chi connectivity index (χ3n) is 4.37. The molecule has 5 nitrogen and oxygen atoms in total. The van der Waals surface area contributed by atoms with Gasteiger partial charge in [-0.15, -0.1) is 5.10 Å². The summed E-state index contributed by atoms with van der Waals surface area (Å²) in [6.45, 7) is 5.58. The summed E-state index contributed by atoms with van der Waals surface area (Å²) in [5, 5.41) is 15.9. The number of nitrogens with zero attached hydrogens (tertiary/aromatic N) is 4. The van der Waals surface area contributed by atoms with Crippen LogP contribution in [0.1, 0.15) is 38.9 Å². The van der Waals surface area contributed by atoms with E-state index in [1.54, 1.807) is 0 Å². The van der Waals surface area contributed by atoms with Gasteiger partial charge in [0.25, 0.3) is 0 Å². The normalized spacial score (nSPS) is 17.6. The molecule has 1 aliphatic carbocycles. The fourth-order valence-electron chi connectivity index (χ4n) is 2.46. The van der Waals surface area contributed by atoms with Crippen LogP contribution in [-0.4, -0.2) is 32.8 Å². The summed E-state index contributed by atoms with van der Waals surface area (Å²) in [6.07, 6.45) is 4.63. The standard InChI is InChI=1S/C16H23N5/c1-3-16(2,12-17-13-9-10-13)11-15-18-19-20-21(15)14-7-5-4-6-8-14/h4-8,13,17H,3,9-12H2,1-2H3. The molecule has 1 unspecified atom stereocenters. The molecule has 1 saturated carbocycles. The molecule has 112 valence electrons. The highest BCUT2D eigenvalue weighted by atomic mass is 15.5. The lowest BCUT2D eigenvalue weighted by molar-refractivity contribution is 0.281. The van der Waals surface area contributed by atoms with Crippen molar-refractivity contribution in [2.45, 2.75) is 45.6 Å². The number of rotatable bonds is 7. The molecule has 0 saturated heterocycles. The first-order valence-corrected chi connectivity index (χ1v) is 7.76. The van der Waals surface area contributed by atoms with Crippen LogP contribution in [0.5, 0.6) is 0 Å². The van der Waals surface area contributed by atoms with Gasteiger partial charge in [-0.1, -0.05) is 32.0 Å². The van der Waals surface area contributed by atoms with E-state index in [1.807, 2.05) is 35.0 Å². The first kappa shape index (κ1) is 14.2. The van der Waals surface area contributed by atoms with Gasteiger partial charge in [-0.3, -0.25) is 0 Å². The zero-order chi connectivity index (χ0) is 14.7. The van der Waals surface area contributed by atoms with Crippen LogP contribution in [-0.2, 0) is 6.42 Å². The Labute approximate surface area is 125 Å². The number of hydrogen-bond donors (Lipinski definition) is 1. The van der Waals surface area contributed by atoms with Gasteiger partial charge in [-0.05, 0) is 47.2 Å². The maximum absolute atomic E-state index is 4.24. The predicted octanol–water partition coefficient (Wildman–Crippen LogP) is 2.37. The van der Waals surface area contributed by atoms with Crippen LogP contribution >= 0.6 is 0 Å². The zero-order valence-corrected chi connectivity index (χ0v) is 12.8. The molecular weight excluding hydrogens is 262 g/mol. The maximum Gasteiger partial charge on any atom is 0.157 e. The minimum Gasteiger partial charge on any atom is -0.313 e. The molecule has 5 heteroatoms. The van der Waals surface area contributed by atoms with E-state index in [-0.39, 0.29) is 5.41 Å². The van der Waals surface area contributed by atoms with E-state index in [4.69, 9.17) is 0 Å². The third kappa shape index (κ3) is 3.47. The van der Waals surface area contributed by atoms with Crippen LogP contribution in [0.4, 0.5) is 0 Å². The van der Waals surface area contributed by atoms with Gasteiger partial charge in [0.2, 0.25) is 0 Å². The lowest BCUT2D eigenvalue weighted by Crippen LogP contribution is -2.35. The summed E-state index contributed by atoms with van der Waals surface area (Å²) in [5.74, 6) is 0.933. The molecule has 2 aromatic rings. The second kappa shape index (κ2) is 5.93. The SMILES string of the molecule is CCC(C)(CNC1CC1)Cc1nnnn1-c1ccccc1. The number of tetrazole rings is 1. The van der Waals surface area contributed by atoms with Crippen molar-refractivity contribution < 1.29 is 0 Å². The first-order valence-electron chi connectivity index (χ1n) is 7.76. The fraction of sp³-hybridized carbons (Fsp3) is 0.562. The number of aromatic nitrogens is 4. The maximum atomic E-state index is 4.24. The Kier molecular flexibility index (Phi) is 4.01. The Balaban J connectivity index is 1.75. The van der Waals surface area contributed by atoms with E-state index in [9.17, 15) is 0 Å². The van der Waals surface area contributed by atoms with Crippen molar-refractivity contribution in [2.75, 3.05) is 6.54 Å². The number of nitrogens with one attached hydrogen (secondary N) is 1. The van der Waals surface area contributed by atoms with Crippen molar-refractivity contribution >= 4 is 0 Å². The van der Waals surface area contributed by atoms with Gasteiger partial charge < -0.3 is 5.32 Å². The Morgan fingerprint density at radius 1 is 1.29 bits per heavy atom. The summed E-state index contributed by atoms with van der Waals surface area (Å²) in [7, 11) is 0. The Morgan fingerprint density at radius 3 is 2.71 bits per heavy atom. The Hall–Kier alpha value is -1.75. The van der Waals surface area contributed by atoms with Gasteiger partial charge in [0.1, 0.15) is 0 Å². The number of para-hydroxylation sites is 1. The van der Waals surface area contributed by atoms with E-state index >= 15 is 0 Å². The van der Waals surface area contributed by atoms with Crippen LogP contribution in [0.3, 0.4) is 0 Å². The quantitative estimate of drug-likeness (QED) is 0.848. The molecular formula is C16H23N5. The average molecular weight is 285 g/mol. The average Bonchev–Trinajstić information content (AvgIpc) is 3.25. The molecule has 1 N–H and O–H groups in total. The second-order valence-electron chi connectivity index (χ2n) is 6.34. The molecule has 3 rings (SSSR count). The third-order valence-corrected chi connectivity index (χ3v) is 4.37. The molecule has 1 heterocycles. The molecule has 1 aromatic heterocycles. The van der Waals surface area contributed by atoms with Crippen molar-refractivity contribution in [1.82, 2.24) is 25.5 Å². The Bertz CT molecular complexity index is 575. The van der Waals surface area contributed by atoms with E-state index in [1.165, 1.54) is 12.8 Å². The highest BCUT2D eigenvalue weighted by Gasteiger charge is 2.29. The van der Waals surface area contributed by atoms with Crippen LogP contribution in [0.25, 0.3) is 5.69 Å². The van der Waals surface area contributed by atoms with Crippen molar-refractivity contribution in [1.29, 1.82) is 0 Å². The monoisotopic (exact) mass is 285 g/mol. The zero-order valence-electron chi connectivity index (χ0n) is 12.8. The van der Waals surface area contributed by atoms with Crippen molar-refractivity contribution in [3.8, 4) is 5.69 Å². The predicted molar refractivity (Wildman–Crippen MR) is 82.3 cm³/mol. The highest BCUT2D eigenvalue weighted by Crippen LogP contribution is 2.28. The summed E-state index contributed by atoms with van der Waals surface area (Å²) in [6, 6.07) is 10.8. The summed E-state index contributed by atoms with van der Waals surface area (Å²) >= 11 is 0. The smallest absolute Gasteiger partial charge is 0.157 e. The molecule has 1 aliphatic rings. The topological polar surface area (TPSA) is 55.6 Å². The second-order valence-corrected chi connectivity index (χ2v) is 6.34.